The number of unbranched alkanes of at least 4 members (excludes halogenated alkanes) is 14. The molecule has 0 rings (SSSR count). The monoisotopic (exact) mass is 400 g/mol. The Hall–Kier alpha value is 0.137. The maximum Gasteiger partial charge on any atom is 0.337 e. The summed E-state index contributed by atoms with van der Waals surface area (Å²) in [6, 6.07) is 2.19. The van der Waals surface area contributed by atoms with Crippen LogP contribution in [0.4, 0.5) is 0 Å². The Bertz CT molecular complexity index is 256. The molecule has 2 nitrogen and oxygen atoms in total. The second kappa shape index (κ2) is 20.9. The maximum atomic E-state index is 6.36. The van der Waals surface area contributed by atoms with Gasteiger partial charge in [0.05, 0.1) is 0 Å². The summed E-state index contributed by atoms with van der Waals surface area (Å²) < 4.78 is 12.7. The molecule has 0 amide bonds. The van der Waals surface area contributed by atoms with Crippen LogP contribution < -0.4 is 0 Å². The molecule has 27 heavy (non-hydrogen) atoms. The van der Waals surface area contributed by atoms with E-state index in [2.05, 4.69) is 27.7 Å². The minimum Gasteiger partial charge on any atom is -0.394 e. The Balaban J connectivity index is 3.67. The molecule has 0 aliphatic rings. The summed E-state index contributed by atoms with van der Waals surface area (Å²) in [5.41, 5.74) is 0. The normalized spacial score (nSPS) is 12.0. The topological polar surface area (TPSA) is 18.5 Å². The third-order valence-electron chi connectivity index (χ3n) is 5.80. The molecule has 0 atom stereocenters. The first kappa shape index (κ1) is 27.1. The van der Waals surface area contributed by atoms with Gasteiger partial charge in [-0.1, -0.05) is 118 Å². The molecule has 0 aliphatic carbocycles. The van der Waals surface area contributed by atoms with Crippen LogP contribution in [0.5, 0.6) is 0 Å². The third-order valence-corrected chi connectivity index (χ3v) is 9.42. The van der Waals surface area contributed by atoms with Crippen molar-refractivity contribution in [1.29, 1.82) is 0 Å². The molecule has 0 aromatic heterocycles. The van der Waals surface area contributed by atoms with Gasteiger partial charge in [0, 0.05) is 13.2 Å². The quantitative estimate of drug-likeness (QED) is 0.133. The van der Waals surface area contributed by atoms with Gasteiger partial charge in [0.25, 0.3) is 0 Å². The second-order valence-electron chi connectivity index (χ2n) is 8.26. The molecule has 0 unspecified atom stereocenters. The van der Waals surface area contributed by atoms with E-state index in [1.807, 2.05) is 0 Å². The molecular weight excluding hydrogens is 348 g/mol. The zero-order valence-electron chi connectivity index (χ0n) is 19.5. The van der Waals surface area contributed by atoms with Crippen molar-refractivity contribution in [1.82, 2.24) is 0 Å². The van der Waals surface area contributed by atoms with E-state index in [9.17, 15) is 0 Å². The summed E-state index contributed by atoms with van der Waals surface area (Å²) in [5.74, 6) is 0. The highest BCUT2D eigenvalue weighted by atomic mass is 28.4. The molecule has 0 fully saturated rings. The molecule has 0 spiro atoms. The van der Waals surface area contributed by atoms with Crippen molar-refractivity contribution in [2.24, 2.45) is 0 Å². The Labute approximate surface area is 173 Å². The Kier molecular flexibility index (Phi) is 21.0. The molecule has 0 saturated carbocycles. The predicted octanol–water partition coefficient (Wildman–Crippen LogP) is 8.78. The summed E-state index contributed by atoms with van der Waals surface area (Å²) in [4.78, 5) is 0. The minimum atomic E-state index is -1.92. The second-order valence-corrected chi connectivity index (χ2v) is 12.1. The van der Waals surface area contributed by atoms with E-state index in [-0.39, 0.29) is 0 Å². The highest BCUT2D eigenvalue weighted by Crippen LogP contribution is 2.20. The Morgan fingerprint density at radius 2 is 0.704 bits per heavy atom. The summed E-state index contributed by atoms with van der Waals surface area (Å²) in [7, 11) is -1.92. The minimum absolute atomic E-state index is 0.917. The lowest BCUT2D eigenvalue weighted by Gasteiger charge is -2.29. The van der Waals surface area contributed by atoms with Crippen molar-refractivity contribution in [3.8, 4) is 0 Å². The first-order valence-electron chi connectivity index (χ1n) is 12.5. The van der Waals surface area contributed by atoms with Crippen LogP contribution in [0.2, 0.25) is 12.1 Å². The fraction of sp³-hybridized carbons (Fsp3) is 1.00. The van der Waals surface area contributed by atoms with E-state index >= 15 is 0 Å². The van der Waals surface area contributed by atoms with Crippen molar-refractivity contribution in [2.45, 2.75) is 143 Å². The van der Waals surface area contributed by atoms with Gasteiger partial charge in [-0.3, -0.25) is 0 Å². The molecule has 0 bridgehead atoms. The zero-order valence-corrected chi connectivity index (χ0v) is 20.5. The lowest BCUT2D eigenvalue weighted by atomic mass is 10.1. The first-order valence-corrected chi connectivity index (χ1v) is 14.8. The van der Waals surface area contributed by atoms with Gasteiger partial charge in [0.2, 0.25) is 0 Å². The van der Waals surface area contributed by atoms with E-state index in [1.54, 1.807) is 0 Å². The lowest BCUT2D eigenvalue weighted by molar-refractivity contribution is 0.163. The standard InChI is InChI=1S/C24H52O2Si/c1-5-9-11-13-15-17-19-21-23-25-27(7-3,8-4)26-24-22-20-18-16-14-12-10-6-2/h5-24H2,1-4H3. The molecule has 0 saturated heterocycles. The third kappa shape index (κ3) is 16.8. The fourth-order valence-corrected chi connectivity index (χ4v) is 6.12. The summed E-state index contributed by atoms with van der Waals surface area (Å²) in [6.07, 6.45) is 21.8. The van der Waals surface area contributed by atoms with Crippen molar-refractivity contribution >= 4 is 8.56 Å². The van der Waals surface area contributed by atoms with E-state index in [0.29, 0.717) is 0 Å². The Morgan fingerprint density at radius 3 is 1.00 bits per heavy atom. The van der Waals surface area contributed by atoms with E-state index in [1.165, 1.54) is 103 Å². The lowest BCUT2D eigenvalue weighted by Crippen LogP contribution is -2.41. The van der Waals surface area contributed by atoms with Gasteiger partial charge >= 0.3 is 8.56 Å². The first-order chi connectivity index (χ1) is 13.2. The van der Waals surface area contributed by atoms with Crippen molar-refractivity contribution in [3.63, 3.8) is 0 Å². The van der Waals surface area contributed by atoms with Crippen LogP contribution in [0.15, 0.2) is 0 Å². The van der Waals surface area contributed by atoms with Crippen LogP contribution in [-0.2, 0) is 8.85 Å². The van der Waals surface area contributed by atoms with Gasteiger partial charge in [0.1, 0.15) is 0 Å². The van der Waals surface area contributed by atoms with Gasteiger partial charge < -0.3 is 8.85 Å². The zero-order chi connectivity index (χ0) is 20.1. The Morgan fingerprint density at radius 1 is 0.407 bits per heavy atom. The molecule has 0 radical (unpaired) electrons. The molecule has 0 aromatic rings. The van der Waals surface area contributed by atoms with Crippen LogP contribution in [0.1, 0.15) is 130 Å². The average molecular weight is 401 g/mol. The summed E-state index contributed by atoms with van der Waals surface area (Å²) in [6.45, 7) is 10.9. The van der Waals surface area contributed by atoms with Crippen molar-refractivity contribution in [3.05, 3.63) is 0 Å². The largest absolute Gasteiger partial charge is 0.394 e. The predicted molar refractivity (Wildman–Crippen MR) is 124 cm³/mol. The van der Waals surface area contributed by atoms with E-state index in [0.717, 1.165) is 25.3 Å². The van der Waals surface area contributed by atoms with Crippen LogP contribution in [-0.4, -0.2) is 21.8 Å². The number of hydrogen-bond acceptors (Lipinski definition) is 2. The smallest absolute Gasteiger partial charge is 0.337 e. The number of rotatable bonds is 22. The average Bonchev–Trinajstić information content (AvgIpc) is 2.70. The van der Waals surface area contributed by atoms with E-state index < -0.39 is 8.56 Å². The van der Waals surface area contributed by atoms with E-state index in [4.69, 9.17) is 8.85 Å². The van der Waals surface area contributed by atoms with Crippen LogP contribution >= 0.6 is 0 Å². The van der Waals surface area contributed by atoms with Gasteiger partial charge in [0.15, 0.2) is 0 Å². The van der Waals surface area contributed by atoms with Crippen LogP contribution in [0.3, 0.4) is 0 Å². The van der Waals surface area contributed by atoms with Gasteiger partial charge in [-0.05, 0) is 24.9 Å². The molecule has 0 aromatic carbocycles. The molecular formula is C24H52O2Si. The highest BCUT2D eigenvalue weighted by molar-refractivity contribution is 6.67. The fourth-order valence-electron chi connectivity index (χ4n) is 3.69. The molecule has 0 N–H and O–H groups in total. The van der Waals surface area contributed by atoms with Crippen LogP contribution in [0.25, 0.3) is 0 Å². The van der Waals surface area contributed by atoms with Crippen molar-refractivity contribution < 1.29 is 8.85 Å². The molecule has 3 heteroatoms. The van der Waals surface area contributed by atoms with Gasteiger partial charge in [-0.15, -0.1) is 0 Å². The summed E-state index contributed by atoms with van der Waals surface area (Å²) in [5, 5.41) is 0. The number of hydrogen-bond donors (Lipinski definition) is 0. The molecule has 0 heterocycles. The molecule has 164 valence electrons. The SMILES string of the molecule is CCCCCCCCCCO[Si](CC)(CC)OCCCCCCCCCC. The highest BCUT2D eigenvalue weighted by Gasteiger charge is 2.33. The maximum absolute atomic E-state index is 6.36. The summed E-state index contributed by atoms with van der Waals surface area (Å²) >= 11 is 0. The molecule has 0 aliphatic heterocycles. The van der Waals surface area contributed by atoms with Gasteiger partial charge in [-0.25, -0.2) is 0 Å². The van der Waals surface area contributed by atoms with Gasteiger partial charge in [-0.2, -0.15) is 0 Å². The van der Waals surface area contributed by atoms with Crippen LogP contribution in [0, 0.1) is 0 Å². The van der Waals surface area contributed by atoms with Crippen molar-refractivity contribution in [2.75, 3.05) is 13.2 Å².